The Labute approximate surface area is 74.2 Å². The predicted molar refractivity (Wildman–Crippen MR) is 34.8 cm³/mol. The summed E-state index contributed by atoms with van der Waals surface area (Å²) < 4.78 is 0. The average molecular weight is 146 g/mol. The van der Waals surface area contributed by atoms with E-state index in [4.69, 9.17) is 0 Å². The van der Waals surface area contributed by atoms with E-state index >= 15 is 0 Å². The Bertz CT molecular complexity index is 31.6. The van der Waals surface area contributed by atoms with Crippen molar-refractivity contribution >= 4 is 23.1 Å². The Morgan fingerprint density at radius 1 is 1.50 bits per heavy atom. The van der Waals surface area contributed by atoms with Crippen molar-refractivity contribution in [3.05, 3.63) is 5.32 Å². The van der Waals surface area contributed by atoms with Crippen LogP contribution in [-0.2, 0) is 0 Å². The van der Waals surface area contributed by atoms with Gasteiger partial charge in [0.2, 0.25) is 0 Å². The Morgan fingerprint density at radius 2 is 1.88 bits per heavy atom. The fourth-order valence-corrected chi connectivity index (χ4v) is 0.183. The minimum atomic E-state index is 0. The van der Waals surface area contributed by atoms with Gasteiger partial charge in [-0.3, -0.25) is 0 Å². The molecule has 0 fully saturated rings. The third kappa shape index (κ3) is 10.1. The van der Waals surface area contributed by atoms with Crippen molar-refractivity contribution in [1.29, 1.82) is 0 Å². The van der Waals surface area contributed by atoms with Crippen molar-refractivity contribution < 1.29 is 12.4 Å². The van der Waals surface area contributed by atoms with Gasteiger partial charge in [0.25, 0.3) is 0 Å². The van der Waals surface area contributed by atoms with Crippen molar-refractivity contribution in [2.45, 2.75) is 26.3 Å². The molecule has 0 radical (unpaired) electrons. The van der Waals surface area contributed by atoms with Crippen LogP contribution in [0.25, 0.3) is 5.32 Å². The summed E-state index contributed by atoms with van der Waals surface area (Å²) in [5.74, 6) is 0. The van der Waals surface area contributed by atoms with Gasteiger partial charge in [-0.2, -0.15) is 7.05 Å². The van der Waals surface area contributed by atoms with Gasteiger partial charge >= 0.3 is 23.1 Å². The maximum Gasteiger partial charge on any atom is 2.00 e. The van der Waals surface area contributed by atoms with E-state index in [1.54, 1.807) is 0 Å². The number of hydrogen-bond donors (Lipinski definition) is 0. The first-order chi connectivity index (χ1) is 2.81. The van der Waals surface area contributed by atoms with E-state index < -0.39 is 0 Å². The third-order valence-corrected chi connectivity index (χ3v) is 1.03. The summed E-state index contributed by atoms with van der Waals surface area (Å²) in [5, 5.41) is 4.01. The van der Waals surface area contributed by atoms with Crippen LogP contribution in [0.3, 0.4) is 0 Å². The van der Waals surface area contributed by atoms with Crippen LogP contribution >= 0.6 is 0 Å². The molecule has 0 amide bonds. The van der Waals surface area contributed by atoms with Crippen LogP contribution in [0.2, 0.25) is 0 Å². The molecule has 0 heterocycles. The Balaban J connectivity index is -0.000000125. The van der Waals surface area contributed by atoms with Crippen LogP contribution in [0.4, 0.5) is 0 Å². The maximum atomic E-state index is 4.01. The molecule has 0 aromatic carbocycles. The average Bonchev–Trinajstić information content (AvgIpc) is 1.65. The molecule has 0 bridgehead atoms. The maximum absolute atomic E-state index is 4.01. The standard InChI is InChI=1S/C5H12N.ClH.Mg/c1-4-5(2)6-3;;/h5H,4H2,1-3H3;1H;/q-1;;+2/p-1. The molecular formula is C5H12ClMgN. The normalized spacial score (nSPS) is 10.9. The molecule has 0 aromatic rings. The fourth-order valence-electron chi connectivity index (χ4n) is 0.183. The number of halogens is 1. The summed E-state index contributed by atoms with van der Waals surface area (Å²) in [6, 6.07) is 0.560. The molecular weight excluding hydrogens is 134 g/mol. The topological polar surface area (TPSA) is 14.1 Å². The van der Waals surface area contributed by atoms with E-state index in [9.17, 15) is 0 Å². The van der Waals surface area contributed by atoms with Gasteiger partial charge in [-0.05, 0) is 0 Å². The first-order valence-corrected chi connectivity index (χ1v) is 2.40. The molecule has 0 N–H and O–H groups in total. The van der Waals surface area contributed by atoms with E-state index in [1.807, 2.05) is 7.05 Å². The Morgan fingerprint density at radius 3 is 1.88 bits per heavy atom. The molecule has 3 heteroatoms. The summed E-state index contributed by atoms with van der Waals surface area (Å²) in [4.78, 5) is 0. The molecule has 0 aromatic heterocycles. The van der Waals surface area contributed by atoms with Crippen molar-refractivity contribution in [1.82, 2.24) is 0 Å². The summed E-state index contributed by atoms with van der Waals surface area (Å²) in [6.45, 7) is 4.25. The molecule has 0 rings (SSSR count). The van der Waals surface area contributed by atoms with Crippen LogP contribution in [-0.4, -0.2) is 36.1 Å². The minimum absolute atomic E-state index is 0. The zero-order chi connectivity index (χ0) is 4.99. The van der Waals surface area contributed by atoms with Crippen LogP contribution < -0.4 is 12.4 Å². The smallest absolute Gasteiger partial charge is 1.00 e. The first-order valence-electron chi connectivity index (χ1n) is 2.40. The van der Waals surface area contributed by atoms with E-state index in [0.29, 0.717) is 6.04 Å². The second-order valence-electron chi connectivity index (χ2n) is 1.52. The van der Waals surface area contributed by atoms with Crippen LogP contribution in [0.1, 0.15) is 20.3 Å². The van der Waals surface area contributed by atoms with Gasteiger partial charge in [0.15, 0.2) is 0 Å². The van der Waals surface area contributed by atoms with Crippen molar-refractivity contribution in [2.75, 3.05) is 7.05 Å². The zero-order valence-corrected chi connectivity index (χ0v) is 7.99. The van der Waals surface area contributed by atoms with Gasteiger partial charge in [0.1, 0.15) is 0 Å². The predicted octanol–water partition coefficient (Wildman–Crippen LogP) is -1.59. The van der Waals surface area contributed by atoms with Gasteiger partial charge in [0.05, 0.1) is 0 Å². The summed E-state index contributed by atoms with van der Waals surface area (Å²) in [5.41, 5.74) is 0. The van der Waals surface area contributed by atoms with E-state index in [0.717, 1.165) is 6.42 Å². The SMILES string of the molecule is CCC(C)[N-]C.[Cl-].[Mg+2]. The zero-order valence-electron chi connectivity index (χ0n) is 5.82. The number of hydrogen-bond acceptors (Lipinski definition) is 0. The molecule has 1 unspecified atom stereocenters. The first kappa shape index (κ1) is 16.0. The van der Waals surface area contributed by atoms with Crippen LogP contribution in [0.5, 0.6) is 0 Å². The Kier molecular flexibility index (Phi) is 21.8. The van der Waals surface area contributed by atoms with Gasteiger partial charge in [-0.1, -0.05) is 20.3 Å². The van der Waals surface area contributed by atoms with Gasteiger partial charge in [-0.15, -0.1) is 6.04 Å². The second kappa shape index (κ2) is 10.9. The van der Waals surface area contributed by atoms with Crippen molar-refractivity contribution in [2.24, 2.45) is 0 Å². The third-order valence-electron chi connectivity index (χ3n) is 1.03. The molecule has 0 aliphatic carbocycles. The molecule has 8 heavy (non-hydrogen) atoms. The molecule has 46 valence electrons. The molecule has 1 atom stereocenters. The monoisotopic (exact) mass is 145 g/mol. The van der Waals surface area contributed by atoms with Crippen LogP contribution in [0.15, 0.2) is 0 Å². The van der Waals surface area contributed by atoms with E-state index in [1.165, 1.54) is 0 Å². The van der Waals surface area contributed by atoms with Gasteiger partial charge < -0.3 is 17.7 Å². The molecule has 1 nitrogen and oxygen atoms in total. The second-order valence-corrected chi connectivity index (χ2v) is 1.52. The fraction of sp³-hybridized carbons (Fsp3) is 1.00. The molecule has 0 aliphatic rings. The van der Waals surface area contributed by atoms with Crippen molar-refractivity contribution in [3.8, 4) is 0 Å². The molecule has 0 saturated heterocycles. The Hall–Kier alpha value is 1.02. The number of nitrogens with zero attached hydrogens (tertiary/aromatic N) is 1. The minimum Gasteiger partial charge on any atom is -1.00 e. The van der Waals surface area contributed by atoms with E-state index in [2.05, 4.69) is 19.2 Å². The summed E-state index contributed by atoms with van der Waals surface area (Å²) in [6.07, 6.45) is 1.16. The van der Waals surface area contributed by atoms with Crippen LogP contribution in [0, 0.1) is 0 Å². The molecule has 0 spiro atoms. The molecule has 0 saturated carbocycles. The quantitative estimate of drug-likeness (QED) is 0.417. The number of rotatable bonds is 2. The van der Waals surface area contributed by atoms with E-state index in [-0.39, 0.29) is 35.5 Å². The largest absolute Gasteiger partial charge is 2.00 e. The van der Waals surface area contributed by atoms with Crippen molar-refractivity contribution in [3.63, 3.8) is 0 Å². The summed E-state index contributed by atoms with van der Waals surface area (Å²) in [7, 11) is 1.86. The summed E-state index contributed by atoms with van der Waals surface area (Å²) >= 11 is 0. The van der Waals surface area contributed by atoms with Gasteiger partial charge in [0, 0.05) is 0 Å². The van der Waals surface area contributed by atoms with Gasteiger partial charge in [-0.25, -0.2) is 0 Å². The molecule has 0 aliphatic heterocycles.